The van der Waals surface area contributed by atoms with Crippen LogP contribution in [0.2, 0.25) is 0 Å². The predicted molar refractivity (Wildman–Crippen MR) is 74.4 cm³/mol. The van der Waals surface area contributed by atoms with Crippen LogP contribution in [0, 0.1) is 10.1 Å². The van der Waals surface area contributed by atoms with Crippen molar-refractivity contribution in [1.29, 1.82) is 0 Å². The van der Waals surface area contributed by atoms with Crippen LogP contribution in [0.1, 0.15) is 36.5 Å². The Bertz CT molecular complexity index is 446. The number of nitro groups is 1. The Labute approximate surface area is 113 Å². The fraction of sp³-hybridized carbons (Fsp3) is 0.500. The minimum absolute atomic E-state index is 0.0421. The number of hydrogen-bond donors (Lipinski definition) is 0. The molecule has 0 atom stereocenters. The molecule has 0 aliphatic carbocycles. The zero-order valence-corrected chi connectivity index (χ0v) is 11.5. The molecule has 0 aliphatic heterocycles. The highest BCUT2D eigenvalue weighted by Gasteiger charge is 2.13. The van der Waals surface area contributed by atoms with Crippen molar-refractivity contribution in [3.8, 4) is 0 Å². The van der Waals surface area contributed by atoms with E-state index in [1.165, 1.54) is 12.1 Å². The van der Waals surface area contributed by atoms with Crippen LogP contribution < -0.4 is 0 Å². The highest BCUT2D eigenvalue weighted by Crippen LogP contribution is 2.13. The normalized spacial score (nSPS) is 10.7. The van der Waals surface area contributed by atoms with Gasteiger partial charge in [-0.25, -0.2) is 0 Å². The van der Waals surface area contributed by atoms with Gasteiger partial charge in [-0.3, -0.25) is 19.8 Å². The molecule has 0 aliphatic rings. The largest absolute Gasteiger partial charge is 0.299 e. The van der Waals surface area contributed by atoms with Gasteiger partial charge in [-0.1, -0.05) is 31.9 Å². The quantitative estimate of drug-likeness (QED) is 0.313. The number of Topliss-reactive ketones (excluding diaryl/α,β-unsaturated/α-hetero) is 1. The van der Waals surface area contributed by atoms with E-state index < -0.39 is 4.92 Å². The molecule has 0 N–H and O–H groups in total. The number of likely N-dealkylation sites (N-methyl/N-ethyl adjacent to an activating group) is 1. The maximum absolute atomic E-state index is 12.0. The maximum atomic E-state index is 12.0. The van der Waals surface area contributed by atoms with Crippen molar-refractivity contribution in [3.63, 3.8) is 0 Å². The topological polar surface area (TPSA) is 63.5 Å². The molecule has 0 aromatic heterocycles. The van der Waals surface area contributed by atoms with Gasteiger partial charge >= 0.3 is 0 Å². The molecule has 0 saturated heterocycles. The number of carbonyl (C=O) groups excluding carboxylic acids is 1. The summed E-state index contributed by atoms with van der Waals surface area (Å²) in [7, 11) is 1.89. The van der Waals surface area contributed by atoms with Crippen LogP contribution in [-0.2, 0) is 0 Å². The zero-order valence-electron chi connectivity index (χ0n) is 11.5. The van der Waals surface area contributed by atoms with E-state index in [0.717, 1.165) is 25.8 Å². The fourth-order valence-electron chi connectivity index (χ4n) is 1.84. The van der Waals surface area contributed by atoms with E-state index in [9.17, 15) is 14.9 Å². The minimum Gasteiger partial charge on any atom is -0.299 e. The van der Waals surface area contributed by atoms with Crippen LogP contribution in [0.15, 0.2) is 24.3 Å². The van der Waals surface area contributed by atoms with E-state index >= 15 is 0 Å². The first kappa shape index (κ1) is 15.3. The second-order valence-corrected chi connectivity index (χ2v) is 4.68. The van der Waals surface area contributed by atoms with Crippen molar-refractivity contribution < 1.29 is 9.72 Å². The lowest BCUT2D eigenvalue weighted by molar-refractivity contribution is -0.384. The molecule has 0 amide bonds. The van der Waals surface area contributed by atoms with Crippen molar-refractivity contribution in [2.45, 2.75) is 26.2 Å². The Hall–Kier alpha value is -1.75. The Morgan fingerprint density at radius 2 is 2.11 bits per heavy atom. The van der Waals surface area contributed by atoms with E-state index in [4.69, 9.17) is 0 Å². The lowest BCUT2D eigenvalue weighted by atomic mass is 10.1. The second kappa shape index (κ2) is 7.63. The van der Waals surface area contributed by atoms with Crippen LogP contribution in [0.25, 0.3) is 0 Å². The van der Waals surface area contributed by atoms with E-state index in [-0.39, 0.29) is 11.5 Å². The van der Waals surface area contributed by atoms with Gasteiger partial charge in [0.05, 0.1) is 11.5 Å². The average Bonchev–Trinajstić information content (AvgIpc) is 2.39. The lowest BCUT2D eigenvalue weighted by Crippen LogP contribution is -2.27. The SMILES string of the molecule is CCCCCN(C)CC(=O)c1cccc([N+](=O)[O-])c1. The Kier molecular flexibility index (Phi) is 6.15. The number of carbonyl (C=O) groups is 1. The Morgan fingerprint density at radius 3 is 2.74 bits per heavy atom. The molecule has 1 aromatic rings. The number of nitrogens with zero attached hydrogens (tertiary/aromatic N) is 2. The zero-order chi connectivity index (χ0) is 14.3. The van der Waals surface area contributed by atoms with Crippen molar-refractivity contribution >= 4 is 11.5 Å². The van der Waals surface area contributed by atoms with Gasteiger partial charge in [-0.05, 0) is 20.0 Å². The standard InChI is InChI=1S/C14H20N2O3/c1-3-4-5-9-15(2)11-14(17)12-7-6-8-13(10-12)16(18)19/h6-8,10H,3-5,9,11H2,1-2H3. The van der Waals surface area contributed by atoms with Crippen LogP contribution >= 0.6 is 0 Å². The van der Waals surface area contributed by atoms with Gasteiger partial charge in [0, 0.05) is 17.7 Å². The molecule has 104 valence electrons. The van der Waals surface area contributed by atoms with Gasteiger partial charge < -0.3 is 0 Å². The van der Waals surface area contributed by atoms with Crippen molar-refractivity contribution in [3.05, 3.63) is 39.9 Å². The fourth-order valence-corrected chi connectivity index (χ4v) is 1.84. The van der Waals surface area contributed by atoms with Crippen molar-refractivity contribution in [2.75, 3.05) is 20.1 Å². The number of hydrogen-bond acceptors (Lipinski definition) is 4. The first-order valence-electron chi connectivity index (χ1n) is 6.50. The molecule has 0 heterocycles. The molecule has 0 unspecified atom stereocenters. The lowest BCUT2D eigenvalue weighted by Gasteiger charge is -2.15. The molecule has 5 nitrogen and oxygen atoms in total. The van der Waals surface area contributed by atoms with Crippen LogP contribution in [-0.4, -0.2) is 35.7 Å². The Morgan fingerprint density at radius 1 is 1.37 bits per heavy atom. The first-order chi connectivity index (χ1) is 9.04. The molecule has 0 radical (unpaired) electrons. The highest BCUT2D eigenvalue weighted by molar-refractivity contribution is 5.98. The Balaban J connectivity index is 2.57. The summed E-state index contributed by atoms with van der Waals surface area (Å²) in [4.78, 5) is 24.1. The van der Waals surface area contributed by atoms with Crippen molar-refractivity contribution in [2.24, 2.45) is 0 Å². The molecule has 19 heavy (non-hydrogen) atoms. The highest BCUT2D eigenvalue weighted by atomic mass is 16.6. The van der Waals surface area contributed by atoms with Gasteiger partial charge in [0.2, 0.25) is 0 Å². The van der Waals surface area contributed by atoms with E-state index in [0.29, 0.717) is 12.1 Å². The molecular weight excluding hydrogens is 244 g/mol. The number of benzene rings is 1. The third-order valence-corrected chi connectivity index (χ3v) is 2.94. The molecule has 1 rings (SSSR count). The molecule has 0 fully saturated rings. The number of nitro benzene ring substituents is 1. The van der Waals surface area contributed by atoms with Gasteiger partial charge in [0.15, 0.2) is 5.78 Å². The predicted octanol–water partition coefficient (Wildman–Crippen LogP) is 2.90. The number of ketones is 1. The summed E-state index contributed by atoms with van der Waals surface area (Å²) in [6, 6.07) is 5.89. The van der Waals surface area contributed by atoms with Gasteiger partial charge in [-0.2, -0.15) is 0 Å². The van der Waals surface area contributed by atoms with Crippen LogP contribution in [0.3, 0.4) is 0 Å². The monoisotopic (exact) mass is 264 g/mol. The van der Waals surface area contributed by atoms with Crippen molar-refractivity contribution in [1.82, 2.24) is 4.90 Å². The van der Waals surface area contributed by atoms with E-state index in [1.54, 1.807) is 12.1 Å². The third-order valence-electron chi connectivity index (χ3n) is 2.94. The average molecular weight is 264 g/mol. The summed E-state index contributed by atoms with van der Waals surface area (Å²) < 4.78 is 0. The summed E-state index contributed by atoms with van der Waals surface area (Å²) >= 11 is 0. The molecule has 0 spiro atoms. The van der Waals surface area contributed by atoms with Gasteiger partial charge in [-0.15, -0.1) is 0 Å². The van der Waals surface area contributed by atoms with E-state index in [2.05, 4.69) is 6.92 Å². The number of non-ortho nitro benzene ring substituents is 1. The maximum Gasteiger partial charge on any atom is 0.270 e. The van der Waals surface area contributed by atoms with Gasteiger partial charge in [0.1, 0.15) is 0 Å². The summed E-state index contributed by atoms with van der Waals surface area (Å²) in [6.07, 6.45) is 3.36. The first-order valence-corrected chi connectivity index (χ1v) is 6.50. The molecular formula is C14H20N2O3. The summed E-state index contributed by atoms with van der Waals surface area (Å²) in [5.41, 5.74) is 0.357. The molecule has 0 saturated carbocycles. The van der Waals surface area contributed by atoms with Crippen LogP contribution in [0.4, 0.5) is 5.69 Å². The summed E-state index contributed by atoms with van der Waals surface area (Å²) in [5.74, 6) is -0.0808. The van der Waals surface area contributed by atoms with Crippen LogP contribution in [0.5, 0.6) is 0 Å². The van der Waals surface area contributed by atoms with E-state index in [1.807, 2.05) is 11.9 Å². The van der Waals surface area contributed by atoms with Gasteiger partial charge in [0.25, 0.3) is 5.69 Å². The minimum atomic E-state index is -0.484. The smallest absolute Gasteiger partial charge is 0.270 e. The molecule has 0 bridgehead atoms. The summed E-state index contributed by atoms with van der Waals surface area (Å²) in [5, 5.41) is 10.7. The summed E-state index contributed by atoms with van der Waals surface area (Å²) in [6.45, 7) is 3.30. The molecule has 5 heteroatoms. The third kappa shape index (κ3) is 5.18. The number of rotatable bonds is 8. The molecule has 1 aromatic carbocycles. The number of unbranched alkanes of at least 4 members (excludes halogenated alkanes) is 2. The second-order valence-electron chi connectivity index (χ2n) is 4.68.